The average molecular weight is 263 g/mol. The quantitative estimate of drug-likeness (QED) is 0.394. The van der Waals surface area contributed by atoms with Gasteiger partial charge >= 0.3 is 7.82 Å². The zero-order valence-electron chi connectivity index (χ0n) is 9.72. The summed E-state index contributed by atoms with van der Waals surface area (Å²) in [5.74, 6) is -0.134. The van der Waals surface area contributed by atoms with Gasteiger partial charge in [-0.1, -0.05) is 19.7 Å². The number of hydrogen-bond donors (Lipinski definition) is 4. The molecule has 7 heteroatoms. The van der Waals surface area contributed by atoms with Gasteiger partial charge in [0.25, 0.3) is 0 Å². The normalized spacial score (nSPS) is 12.6. The van der Waals surface area contributed by atoms with E-state index in [1.54, 1.807) is 6.92 Å². The molecule has 0 aromatic heterocycles. The summed E-state index contributed by atoms with van der Waals surface area (Å²) >= 11 is 0. The predicted molar refractivity (Wildman–Crippen MR) is 65.0 cm³/mol. The van der Waals surface area contributed by atoms with Crippen LogP contribution in [0.4, 0.5) is 0 Å². The number of rotatable bonds is 8. The maximum atomic E-state index is 10.5. The van der Waals surface area contributed by atoms with E-state index < -0.39 is 13.9 Å². The monoisotopic (exact) mass is 263 g/mol. The van der Waals surface area contributed by atoms with Crippen LogP contribution in [0.5, 0.6) is 0 Å². The second-order valence-corrected chi connectivity index (χ2v) is 4.79. The molecule has 0 aliphatic rings. The van der Waals surface area contributed by atoms with Gasteiger partial charge < -0.3 is 14.9 Å². The highest BCUT2D eigenvalue weighted by Crippen LogP contribution is 2.39. The van der Waals surface area contributed by atoms with Crippen LogP contribution in [-0.4, -0.2) is 20.9 Å². The summed E-state index contributed by atoms with van der Waals surface area (Å²) in [6, 6.07) is -0.454. The lowest BCUT2D eigenvalue weighted by Gasteiger charge is -2.19. The molecule has 1 atom stereocenters. The van der Waals surface area contributed by atoms with Crippen molar-refractivity contribution in [3.8, 4) is 0 Å². The highest BCUT2D eigenvalue weighted by molar-refractivity contribution is 7.46. The minimum atomic E-state index is -4.56. The fourth-order valence-corrected chi connectivity index (χ4v) is 1.57. The third kappa shape index (κ3) is 8.56. The van der Waals surface area contributed by atoms with Gasteiger partial charge in [-0.2, -0.15) is 0 Å². The molecule has 17 heavy (non-hydrogen) atoms. The fraction of sp³-hybridized carbons (Fsp3) is 0.400. The van der Waals surface area contributed by atoms with Crippen molar-refractivity contribution in [3.05, 3.63) is 37.0 Å². The molecule has 98 valence electrons. The summed E-state index contributed by atoms with van der Waals surface area (Å²) < 4.78 is 14.8. The summed E-state index contributed by atoms with van der Waals surface area (Å²) in [4.78, 5) is 17.1. The van der Waals surface area contributed by atoms with Crippen molar-refractivity contribution >= 4 is 7.82 Å². The lowest BCUT2D eigenvalue weighted by Crippen LogP contribution is -2.28. The number of aliphatic hydroxyl groups is 1. The second kappa shape index (κ2) is 6.49. The molecule has 0 saturated carbocycles. The molecular formula is C10H18NO5P. The van der Waals surface area contributed by atoms with Crippen LogP contribution in [-0.2, 0) is 9.09 Å². The van der Waals surface area contributed by atoms with Gasteiger partial charge in [-0.3, -0.25) is 9.79 Å². The SMILES string of the molecule is C=C(C)N[C@@H](CCC(=C)OP(=O)(O)O)C(=C)O. The van der Waals surface area contributed by atoms with E-state index in [0.717, 1.165) is 0 Å². The first-order valence-corrected chi connectivity index (χ1v) is 6.37. The third-order valence-corrected chi connectivity index (χ3v) is 2.28. The van der Waals surface area contributed by atoms with Gasteiger partial charge in [0.05, 0.1) is 6.04 Å². The van der Waals surface area contributed by atoms with Gasteiger partial charge in [-0.05, 0) is 13.3 Å². The molecule has 0 aromatic carbocycles. The van der Waals surface area contributed by atoms with Crippen molar-refractivity contribution in [1.82, 2.24) is 5.32 Å². The largest absolute Gasteiger partial charge is 0.524 e. The molecule has 0 bridgehead atoms. The minimum Gasteiger partial charge on any atom is -0.511 e. The number of allylic oxidation sites excluding steroid dienone is 2. The summed E-state index contributed by atoms with van der Waals surface area (Å²) in [6.45, 7) is 12.1. The Hall–Kier alpha value is -1.23. The Morgan fingerprint density at radius 3 is 2.29 bits per heavy atom. The van der Waals surface area contributed by atoms with Gasteiger partial charge in [0.2, 0.25) is 0 Å². The molecular weight excluding hydrogens is 245 g/mol. The van der Waals surface area contributed by atoms with Crippen LogP contribution >= 0.6 is 7.82 Å². The standard InChI is InChI=1S/C10H18NO5P/c1-7(2)11-10(9(4)12)6-5-8(3)16-17(13,14)15/h10-12H,1,3-6H2,2H3,(H2,13,14,15)/t10-/m0/s1. The van der Waals surface area contributed by atoms with Gasteiger partial charge in [0.15, 0.2) is 0 Å². The first kappa shape index (κ1) is 15.8. The molecule has 0 fully saturated rings. The van der Waals surface area contributed by atoms with Crippen LogP contribution in [0.2, 0.25) is 0 Å². The summed E-state index contributed by atoms with van der Waals surface area (Å²) in [5, 5.41) is 12.1. The van der Waals surface area contributed by atoms with Crippen molar-refractivity contribution in [2.75, 3.05) is 0 Å². The highest BCUT2D eigenvalue weighted by atomic mass is 31.2. The maximum absolute atomic E-state index is 10.5. The zero-order valence-corrected chi connectivity index (χ0v) is 10.6. The first-order chi connectivity index (χ1) is 7.61. The van der Waals surface area contributed by atoms with E-state index in [1.807, 2.05) is 0 Å². The number of phosphoric ester groups is 1. The molecule has 0 spiro atoms. The Bertz CT molecular complexity index is 360. The van der Waals surface area contributed by atoms with Crippen molar-refractivity contribution in [2.24, 2.45) is 0 Å². The van der Waals surface area contributed by atoms with Crippen LogP contribution in [0, 0.1) is 0 Å². The summed E-state index contributed by atoms with van der Waals surface area (Å²) in [7, 11) is -4.56. The van der Waals surface area contributed by atoms with Crippen molar-refractivity contribution < 1.29 is 24.0 Å². The molecule has 0 radical (unpaired) electrons. The van der Waals surface area contributed by atoms with E-state index in [0.29, 0.717) is 12.1 Å². The number of hydrogen-bond acceptors (Lipinski definition) is 4. The van der Waals surface area contributed by atoms with Crippen LogP contribution in [0.25, 0.3) is 0 Å². The zero-order chi connectivity index (χ0) is 13.6. The molecule has 0 aliphatic heterocycles. The molecule has 0 unspecified atom stereocenters. The number of aliphatic hydroxyl groups excluding tert-OH is 1. The smallest absolute Gasteiger partial charge is 0.511 e. The van der Waals surface area contributed by atoms with E-state index >= 15 is 0 Å². The second-order valence-electron chi connectivity index (χ2n) is 3.63. The number of nitrogens with one attached hydrogen (secondary N) is 1. The van der Waals surface area contributed by atoms with Gasteiger partial charge in [0, 0.05) is 12.1 Å². The molecule has 4 N–H and O–H groups in total. The topological polar surface area (TPSA) is 99.0 Å². The molecule has 0 rings (SSSR count). The van der Waals surface area contributed by atoms with Crippen molar-refractivity contribution in [1.29, 1.82) is 0 Å². The first-order valence-electron chi connectivity index (χ1n) is 4.84. The Morgan fingerprint density at radius 2 is 1.94 bits per heavy atom. The molecule has 6 nitrogen and oxygen atoms in total. The Kier molecular flexibility index (Phi) is 6.02. The van der Waals surface area contributed by atoms with E-state index in [2.05, 4.69) is 29.6 Å². The van der Waals surface area contributed by atoms with Gasteiger partial charge in [-0.15, -0.1) is 0 Å². The van der Waals surface area contributed by atoms with E-state index in [4.69, 9.17) is 9.79 Å². The fourth-order valence-electron chi connectivity index (χ4n) is 1.14. The van der Waals surface area contributed by atoms with Crippen LogP contribution in [0.1, 0.15) is 19.8 Å². The lowest BCUT2D eigenvalue weighted by molar-refractivity contribution is 0.234. The summed E-state index contributed by atoms with van der Waals surface area (Å²) in [5.41, 5.74) is 0.645. The van der Waals surface area contributed by atoms with E-state index in [1.165, 1.54) is 0 Å². The summed E-state index contributed by atoms with van der Waals surface area (Å²) in [6.07, 6.45) is 0.511. The maximum Gasteiger partial charge on any atom is 0.524 e. The Balaban J connectivity index is 4.22. The van der Waals surface area contributed by atoms with E-state index in [9.17, 15) is 9.67 Å². The molecule has 0 aliphatic carbocycles. The van der Waals surface area contributed by atoms with Crippen LogP contribution < -0.4 is 5.32 Å². The molecule has 0 amide bonds. The van der Waals surface area contributed by atoms with Crippen molar-refractivity contribution in [3.63, 3.8) is 0 Å². The van der Waals surface area contributed by atoms with Gasteiger partial charge in [0.1, 0.15) is 11.5 Å². The average Bonchev–Trinajstić information content (AvgIpc) is 2.08. The van der Waals surface area contributed by atoms with Crippen LogP contribution in [0.15, 0.2) is 37.0 Å². The van der Waals surface area contributed by atoms with Crippen molar-refractivity contribution in [2.45, 2.75) is 25.8 Å². The third-order valence-electron chi connectivity index (χ3n) is 1.78. The highest BCUT2D eigenvalue weighted by Gasteiger charge is 2.18. The minimum absolute atomic E-state index is 0.0481. The molecule has 0 saturated heterocycles. The van der Waals surface area contributed by atoms with E-state index in [-0.39, 0.29) is 17.9 Å². The lowest BCUT2D eigenvalue weighted by atomic mass is 10.1. The molecule has 0 heterocycles. The van der Waals surface area contributed by atoms with Crippen LogP contribution in [0.3, 0.4) is 0 Å². The molecule has 0 aromatic rings. The van der Waals surface area contributed by atoms with Gasteiger partial charge in [-0.25, -0.2) is 4.57 Å². The predicted octanol–water partition coefficient (Wildman–Crippen LogP) is 1.95. The number of phosphoric acid groups is 1. The Morgan fingerprint density at radius 1 is 1.41 bits per heavy atom. The Labute approximate surface area is 101 Å².